The summed E-state index contributed by atoms with van der Waals surface area (Å²) in [5.74, 6) is 0.605. The van der Waals surface area contributed by atoms with Gasteiger partial charge >= 0.3 is 0 Å². The highest BCUT2D eigenvalue weighted by Gasteiger charge is 2.17. The molecule has 3 heteroatoms. The van der Waals surface area contributed by atoms with Crippen LogP contribution in [0.1, 0.15) is 29.5 Å². The molecule has 0 aliphatic carbocycles. The SMILES string of the molecule is COc1ccc2cc([C@H](C)C(=O)Nc3cccc(C)c3C)ccc2c1. The van der Waals surface area contributed by atoms with Crippen molar-refractivity contribution in [1.29, 1.82) is 0 Å². The van der Waals surface area contributed by atoms with Gasteiger partial charge in [-0.3, -0.25) is 4.79 Å². The van der Waals surface area contributed by atoms with E-state index in [1.165, 1.54) is 5.56 Å². The van der Waals surface area contributed by atoms with Crippen LogP contribution in [0.25, 0.3) is 10.8 Å². The molecule has 0 heterocycles. The van der Waals surface area contributed by atoms with Crippen molar-refractivity contribution < 1.29 is 9.53 Å². The first-order chi connectivity index (χ1) is 12.0. The Labute approximate surface area is 148 Å². The average molecular weight is 333 g/mol. The number of carbonyl (C=O) groups excluding carboxylic acids is 1. The number of nitrogens with one attached hydrogen (secondary N) is 1. The zero-order valence-corrected chi connectivity index (χ0v) is 15.1. The lowest BCUT2D eigenvalue weighted by Gasteiger charge is -2.16. The van der Waals surface area contributed by atoms with E-state index in [1.54, 1.807) is 7.11 Å². The zero-order valence-electron chi connectivity index (χ0n) is 15.1. The molecule has 1 atom stereocenters. The van der Waals surface area contributed by atoms with Crippen molar-refractivity contribution in [3.63, 3.8) is 0 Å². The highest BCUT2D eigenvalue weighted by Crippen LogP contribution is 2.26. The van der Waals surface area contributed by atoms with Crippen molar-refractivity contribution >= 4 is 22.4 Å². The maximum atomic E-state index is 12.7. The van der Waals surface area contributed by atoms with Crippen LogP contribution in [0.4, 0.5) is 5.69 Å². The molecule has 0 aliphatic rings. The summed E-state index contributed by atoms with van der Waals surface area (Å²) < 4.78 is 5.26. The molecule has 3 aromatic rings. The van der Waals surface area contributed by atoms with Crippen LogP contribution in [0.2, 0.25) is 0 Å². The smallest absolute Gasteiger partial charge is 0.231 e. The highest BCUT2D eigenvalue weighted by molar-refractivity contribution is 5.97. The first-order valence-electron chi connectivity index (χ1n) is 8.44. The van der Waals surface area contributed by atoms with Crippen LogP contribution in [-0.4, -0.2) is 13.0 Å². The lowest BCUT2D eigenvalue weighted by molar-refractivity contribution is -0.117. The molecular formula is C22H23NO2. The van der Waals surface area contributed by atoms with Crippen molar-refractivity contribution in [3.8, 4) is 5.75 Å². The van der Waals surface area contributed by atoms with Gasteiger partial charge in [-0.05, 0) is 66.4 Å². The second-order valence-corrected chi connectivity index (χ2v) is 6.43. The number of rotatable bonds is 4. The number of fused-ring (bicyclic) bond motifs is 1. The number of benzene rings is 3. The fraction of sp³-hybridized carbons (Fsp3) is 0.227. The second-order valence-electron chi connectivity index (χ2n) is 6.43. The standard InChI is InChI=1S/C22H23NO2/c1-14-6-5-7-21(15(14)2)23-22(24)16(3)17-8-9-19-13-20(25-4)11-10-18(19)12-17/h5-13,16H,1-4H3,(H,23,24)/t16-/m0/s1. The summed E-state index contributed by atoms with van der Waals surface area (Å²) in [4.78, 5) is 12.7. The third kappa shape index (κ3) is 3.50. The number of amides is 1. The van der Waals surface area contributed by atoms with Crippen LogP contribution in [0.3, 0.4) is 0 Å². The number of carbonyl (C=O) groups is 1. The quantitative estimate of drug-likeness (QED) is 0.712. The van der Waals surface area contributed by atoms with Gasteiger partial charge in [0.1, 0.15) is 5.75 Å². The summed E-state index contributed by atoms with van der Waals surface area (Å²) in [6.07, 6.45) is 0. The molecule has 25 heavy (non-hydrogen) atoms. The topological polar surface area (TPSA) is 38.3 Å². The predicted octanol–water partition coefficient (Wildman–Crippen LogP) is 5.21. The largest absolute Gasteiger partial charge is 0.497 e. The van der Waals surface area contributed by atoms with E-state index >= 15 is 0 Å². The predicted molar refractivity (Wildman–Crippen MR) is 103 cm³/mol. The van der Waals surface area contributed by atoms with Crippen LogP contribution >= 0.6 is 0 Å². The van der Waals surface area contributed by atoms with Crippen molar-refractivity contribution in [3.05, 3.63) is 71.3 Å². The monoisotopic (exact) mass is 333 g/mol. The normalized spacial score (nSPS) is 12.0. The Morgan fingerprint density at radius 2 is 1.72 bits per heavy atom. The van der Waals surface area contributed by atoms with E-state index in [1.807, 2.05) is 69.3 Å². The highest BCUT2D eigenvalue weighted by atomic mass is 16.5. The van der Waals surface area contributed by atoms with E-state index < -0.39 is 0 Å². The molecule has 0 radical (unpaired) electrons. The number of anilines is 1. The van der Waals surface area contributed by atoms with Gasteiger partial charge in [0.05, 0.1) is 13.0 Å². The second kappa shape index (κ2) is 6.98. The van der Waals surface area contributed by atoms with Gasteiger partial charge in [0.25, 0.3) is 0 Å². The Morgan fingerprint density at radius 3 is 2.48 bits per heavy atom. The van der Waals surface area contributed by atoms with Crippen molar-refractivity contribution in [2.75, 3.05) is 12.4 Å². The van der Waals surface area contributed by atoms with Crippen molar-refractivity contribution in [2.45, 2.75) is 26.7 Å². The van der Waals surface area contributed by atoms with Crippen molar-refractivity contribution in [2.24, 2.45) is 0 Å². The molecule has 0 spiro atoms. The number of hydrogen-bond acceptors (Lipinski definition) is 2. The minimum atomic E-state index is -0.230. The van der Waals surface area contributed by atoms with E-state index in [2.05, 4.69) is 11.4 Å². The van der Waals surface area contributed by atoms with E-state index in [4.69, 9.17) is 4.74 Å². The van der Waals surface area contributed by atoms with Gasteiger partial charge < -0.3 is 10.1 Å². The number of aryl methyl sites for hydroxylation is 1. The fourth-order valence-corrected chi connectivity index (χ4v) is 2.92. The third-order valence-corrected chi connectivity index (χ3v) is 4.83. The first-order valence-corrected chi connectivity index (χ1v) is 8.44. The Bertz CT molecular complexity index is 930. The molecule has 1 amide bonds. The molecule has 0 aromatic heterocycles. The summed E-state index contributed by atoms with van der Waals surface area (Å²) in [6, 6.07) is 18.0. The van der Waals surface area contributed by atoms with Gasteiger partial charge in [-0.25, -0.2) is 0 Å². The molecule has 0 aliphatic heterocycles. The molecular weight excluding hydrogens is 310 g/mol. The van der Waals surface area contributed by atoms with Gasteiger partial charge in [0.2, 0.25) is 5.91 Å². The van der Waals surface area contributed by atoms with Crippen LogP contribution in [0.5, 0.6) is 5.75 Å². The van der Waals surface area contributed by atoms with Crippen molar-refractivity contribution in [1.82, 2.24) is 0 Å². The molecule has 3 aromatic carbocycles. The molecule has 0 saturated carbocycles. The lowest BCUT2D eigenvalue weighted by Crippen LogP contribution is -2.19. The maximum Gasteiger partial charge on any atom is 0.231 e. The number of methoxy groups -OCH3 is 1. The van der Waals surface area contributed by atoms with Crippen LogP contribution in [0.15, 0.2) is 54.6 Å². The number of ether oxygens (including phenoxy) is 1. The summed E-state index contributed by atoms with van der Waals surface area (Å²) in [5.41, 5.74) is 4.15. The maximum absolute atomic E-state index is 12.7. The Morgan fingerprint density at radius 1 is 1.00 bits per heavy atom. The van der Waals surface area contributed by atoms with Gasteiger partial charge in [-0.15, -0.1) is 0 Å². The Kier molecular flexibility index (Phi) is 4.75. The van der Waals surface area contributed by atoms with Gasteiger partial charge in [-0.1, -0.05) is 36.4 Å². The van der Waals surface area contributed by atoms with Gasteiger partial charge in [0.15, 0.2) is 0 Å². The van der Waals surface area contributed by atoms with E-state index in [-0.39, 0.29) is 11.8 Å². The molecule has 0 fully saturated rings. The molecule has 0 saturated heterocycles. The van der Waals surface area contributed by atoms with E-state index in [9.17, 15) is 4.79 Å². The van der Waals surface area contributed by atoms with Crippen LogP contribution < -0.4 is 10.1 Å². The minimum Gasteiger partial charge on any atom is -0.497 e. The Balaban J connectivity index is 1.84. The van der Waals surface area contributed by atoms with Crippen LogP contribution in [0, 0.1) is 13.8 Å². The first kappa shape index (κ1) is 17.0. The van der Waals surface area contributed by atoms with E-state index in [0.717, 1.165) is 33.3 Å². The summed E-state index contributed by atoms with van der Waals surface area (Å²) in [5, 5.41) is 5.26. The summed E-state index contributed by atoms with van der Waals surface area (Å²) in [7, 11) is 1.66. The molecule has 3 nitrogen and oxygen atoms in total. The third-order valence-electron chi connectivity index (χ3n) is 4.83. The lowest BCUT2D eigenvalue weighted by atomic mass is 9.96. The van der Waals surface area contributed by atoms with Gasteiger partial charge in [-0.2, -0.15) is 0 Å². The van der Waals surface area contributed by atoms with Crippen LogP contribution in [-0.2, 0) is 4.79 Å². The summed E-state index contributed by atoms with van der Waals surface area (Å²) >= 11 is 0. The van der Waals surface area contributed by atoms with E-state index in [0.29, 0.717) is 0 Å². The molecule has 0 unspecified atom stereocenters. The Hall–Kier alpha value is -2.81. The molecule has 3 rings (SSSR count). The zero-order chi connectivity index (χ0) is 18.0. The fourth-order valence-electron chi connectivity index (χ4n) is 2.92. The number of hydrogen-bond donors (Lipinski definition) is 1. The molecule has 1 N–H and O–H groups in total. The summed E-state index contributed by atoms with van der Waals surface area (Å²) in [6.45, 7) is 6.01. The minimum absolute atomic E-state index is 0.00145. The molecule has 0 bridgehead atoms. The molecule has 128 valence electrons. The van der Waals surface area contributed by atoms with Gasteiger partial charge in [0, 0.05) is 5.69 Å². The average Bonchev–Trinajstić information content (AvgIpc) is 2.63.